The third-order valence-electron chi connectivity index (χ3n) is 7.04. The van der Waals surface area contributed by atoms with E-state index in [1.807, 2.05) is 41.5 Å². The minimum Gasteiger partial charge on any atom is -0.493 e. The second-order valence-electron chi connectivity index (χ2n) is 9.22. The molecule has 0 unspecified atom stereocenters. The zero-order valence-corrected chi connectivity index (χ0v) is 20.9. The Kier molecular flexibility index (Phi) is 6.51. The Hall–Kier alpha value is -3.33. The lowest BCUT2D eigenvalue weighted by molar-refractivity contribution is -0.140. The number of piperidine rings is 1. The Morgan fingerprint density at radius 1 is 1.00 bits per heavy atom. The molecule has 2 saturated heterocycles. The number of ether oxygens (including phenoxy) is 3. The molecule has 4 heterocycles. The number of carbonyl (C=O) groups excluding carboxylic acids is 1. The summed E-state index contributed by atoms with van der Waals surface area (Å²) in [5.41, 5.74) is 4.60. The maximum atomic E-state index is 13.0. The number of amides is 1. The highest BCUT2D eigenvalue weighted by atomic mass is 16.5. The molecule has 5 rings (SSSR count). The van der Waals surface area contributed by atoms with Crippen LogP contribution in [0.25, 0.3) is 16.8 Å². The molecule has 9 nitrogen and oxygen atoms in total. The van der Waals surface area contributed by atoms with Gasteiger partial charge in [0.15, 0.2) is 17.1 Å². The average molecular weight is 480 g/mol. The van der Waals surface area contributed by atoms with Crippen molar-refractivity contribution in [1.82, 2.24) is 19.5 Å². The Bertz CT molecular complexity index is 1230. The fourth-order valence-electron chi connectivity index (χ4n) is 5.18. The molecule has 0 bridgehead atoms. The molecule has 0 saturated carbocycles. The number of hydrogen-bond donors (Lipinski definition) is 0. The largest absolute Gasteiger partial charge is 0.493 e. The van der Waals surface area contributed by atoms with Gasteiger partial charge < -0.3 is 24.0 Å². The van der Waals surface area contributed by atoms with Gasteiger partial charge in [-0.2, -0.15) is 9.61 Å². The summed E-state index contributed by atoms with van der Waals surface area (Å²) < 4.78 is 18.3. The van der Waals surface area contributed by atoms with Gasteiger partial charge in [-0.3, -0.25) is 4.79 Å². The number of hydrogen-bond acceptors (Lipinski definition) is 7. The molecule has 2 fully saturated rings. The Morgan fingerprint density at radius 3 is 2.40 bits per heavy atom. The Balaban J connectivity index is 1.43. The van der Waals surface area contributed by atoms with Gasteiger partial charge in [-0.05, 0) is 44.4 Å². The van der Waals surface area contributed by atoms with Gasteiger partial charge in [0.2, 0.25) is 5.91 Å². The molecule has 2 aromatic heterocycles. The molecule has 0 spiro atoms. The third kappa shape index (κ3) is 4.40. The maximum absolute atomic E-state index is 13.0. The molecule has 2 aliphatic heterocycles. The van der Waals surface area contributed by atoms with Crippen LogP contribution in [0.1, 0.15) is 24.2 Å². The van der Waals surface area contributed by atoms with E-state index in [0.717, 1.165) is 59.9 Å². The minimum absolute atomic E-state index is 0.0736. The first-order chi connectivity index (χ1) is 17.0. The summed E-state index contributed by atoms with van der Waals surface area (Å²) in [6, 6.07) is 7.97. The lowest BCUT2D eigenvalue weighted by atomic mass is 9.95. The molecule has 0 N–H and O–H groups in total. The van der Waals surface area contributed by atoms with Gasteiger partial charge in [-0.1, -0.05) is 6.07 Å². The first-order valence-corrected chi connectivity index (χ1v) is 12.2. The smallest absolute Gasteiger partial charge is 0.225 e. The van der Waals surface area contributed by atoms with Crippen LogP contribution in [0.4, 0.5) is 5.82 Å². The molecular weight excluding hydrogens is 446 g/mol. The number of morpholine rings is 1. The molecule has 1 amide bonds. The summed E-state index contributed by atoms with van der Waals surface area (Å²) in [5.74, 6) is 2.71. The number of benzene rings is 1. The van der Waals surface area contributed by atoms with Crippen molar-refractivity contribution < 1.29 is 19.0 Å². The Labute approximate surface area is 205 Å². The fraction of sp³-hybridized carbons (Fsp3) is 0.500. The number of carbonyl (C=O) groups is 1. The predicted molar refractivity (Wildman–Crippen MR) is 133 cm³/mol. The molecular formula is C26H33N5O4. The van der Waals surface area contributed by atoms with Crippen LogP contribution in [0.5, 0.6) is 11.5 Å². The van der Waals surface area contributed by atoms with Crippen LogP contribution in [0, 0.1) is 19.8 Å². The molecule has 35 heavy (non-hydrogen) atoms. The van der Waals surface area contributed by atoms with Gasteiger partial charge in [0.1, 0.15) is 5.82 Å². The number of anilines is 1. The van der Waals surface area contributed by atoms with Crippen molar-refractivity contribution in [3.05, 3.63) is 35.7 Å². The monoisotopic (exact) mass is 479 g/mol. The first-order valence-electron chi connectivity index (χ1n) is 12.2. The van der Waals surface area contributed by atoms with Crippen molar-refractivity contribution in [2.24, 2.45) is 5.92 Å². The van der Waals surface area contributed by atoms with Crippen LogP contribution in [0.15, 0.2) is 24.3 Å². The number of aryl methyl sites for hydroxylation is 2. The van der Waals surface area contributed by atoms with Crippen LogP contribution >= 0.6 is 0 Å². The summed E-state index contributed by atoms with van der Waals surface area (Å²) >= 11 is 0. The van der Waals surface area contributed by atoms with Gasteiger partial charge in [0.05, 0.1) is 33.1 Å². The van der Waals surface area contributed by atoms with Crippen LogP contribution in [-0.2, 0) is 9.53 Å². The van der Waals surface area contributed by atoms with Gasteiger partial charge in [-0.15, -0.1) is 0 Å². The fourth-order valence-corrected chi connectivity index (χ4v) is 5.18. The van der Waals surface area contributed by atoms with Crippen LogP contribution in [-0.4, -0.2) is 79.0 Å². The average Bonchev–Trinajstić information content (AvgIpc) is 3.23. The lowest BCUT2D eigenvalue weighted by Gasteiger charge is -2.36. The van der Waals surface area contributed by atoms with Crippen LogP contribution < -0.4 is 14.4 Å². The minimum atomic E-state index is 0.0736. The number of rotatable bonds is 5. The molecule has 0 atom stereocenters. The van der Waals surface area contributed by atoms with Crippen molar-refractivity contribution in [2.75, 3.05) is 58.5 Å². The van der Waals surface area contributed by atoms with E-state index in [4.69, 9.17) is 24.3 Å². The molecule has 0 radical (unpaired) electrons. The van der Waals surface area contributed by atoms with Gasteiger partial charge in [0, 0.05) is 49.4 Å². The highest BCUT2D eigenvalue weighted by Crippen LogP contribution is 2.36. The van der Waals surface area contributed by atoms with Crippen LogP contribution in [0.2, 0.25) is 0 Å². The van der Waals surface area contributed by atoms with Crippen molar-refractivity contribution >= 4 is 17.4 Å². The SMILES string of the molecule is COc1ccc(-c2c(C)nn3c(N4CCC(C(=O)N5CCOCC5)CC4)cc(C)nc23)cc1OC. The second kappa shape index (κ2) is 9.73. The summed E-state index contributed by atoms with van der Waals surface area (Å²) in [6.45, 7) is 8.32. The number of nitrogens with zero attached hydrogens (tertiary/aromatic N) is 5. The quantitative estimate of drug-likeness (QED) is 0.556. The number of methoxy groups -OCH3 is 2. The van der Waals surface area contributed by atoms with E-state index in [9.17, 15) is 4.79 Å². The van der Waals surface area contributed by atoms with E-state index in [-0.39, 0.29) is 11.8 Å². The van der Waals surface area contributed by atoms with Crippen LogP contribution in [0.3, 0.4) is 0 Å². The molecule has 3 aromatic rings. The summed E-state index contributed by atoms with van der Waals surface area (Å²) in [6.07, 6.45) is 1.67. The van der Waals surface area contributed by atoms with Crippen molar-refractivity contribution in [1.29, 1.82) is 0 Å². The molecule has 0 aliphatic carbocycles. The number of aromatic nitrogens is 3. The highest BCUT2D eigenvalue weighted by molar-refractivity contribution is 5.82. The molecule has 186 valence electrons. The van der Waals surface area contributed by atoms with Crippen molar-refractivity contribution in [2.45, 2.75) is 26.7 Å². The zero-order chi connectivity index (χ0) is 24.5. The van der Waals surface area contributed by atoms with Crippen molar-refractivity contribution in [3.63, 3.8) is 0 Å². The topological polar surface area (TPSA) is 81.4 Å². The molecule has 1 aromatic carbocycles. The molecule has 9 heteroatoms. The lowest BCUT2D eigenvalue weighted by Crippen LogP contribution is -2.47. The van der Waals surface area contributed by atoms with E-state index in [1.165, 1.54) is 0 Å². The third-order valence-corrected chi connectivity index (χ3v) is 7.04. The van der Waals surface area contributed by atoms with E-state index >= 15 is 0 Å². The Morgan fingerprint density at radius 2 is 1.71 bits per heavy atom. The normalized spacial score (nSPS) is 17.1. The summed E-state index contributed by atoms with van der Waals surface area (Å²) in [4.78, 5) is 22.1. The van der Waals surface area contributed by atoms with E-state index in [2.05, 4.69) is 11.0 Å². The van der Waals surface area contributed by atoms with E-state index in [1.54, 1.807) is 14.2 Å². The maximum Gasteiger partial charge on any atom is 0.225 e. The van der Waals surface area contributed by atoms with Gasteiger partial charge >= 0.3 is 0 Å². The highest BCUT2D eigenvalue weighted by Gasteiger charge is 2.30. The van der Waals surface area contributed by atoms with Gasteiger partial charge in [0.25, 0.3) is 0 Å². The summed E-state index contributed by atoms with van der Waals surface area (Å²) in [7, 11) is 3.27. The number of fused-ring (bicyclic) bond motifs is 1. The van der Waals surface area contributed by atoms with E-state index < -0.39 is 0 Å². The van der Waals surface area contributed by atoms with Crippen molar-refractivity contribution in [3.8, 4) is 22.6 Å². The second-order valence-corrected chi connectivity index (χ2v) is 9.22. The standard InChI is InChI=1S/C26H33N5O4/c1-17-15-23(29-9-7-19(8-10-29)26(32)30-11-13-35-14-12-30)31-25(27-17)24(18(2)28-31)20-5-6-21(33-3)22(16-20)34-4/h5-6,15-16,19H,7-14H2,1-4H3. The predicted octanol–water partition coefficient (Wildman–Crippen LogP) is 3.11. The molecule has 2 aliphatic rings. The summed E-state index contributed by atoms with van der Waals surface area (Å²) in [5, 5.41) is 4.88. The van der Waals surface area contributed by atoms with Gasteiger partial charge in [-0.25, -0.2) is 4.98 Å². The first kappa shape index (κ1) is 23.4. The van der Waals surface area contributed by atoms with E-state index in [0.29, 0.717) is 37.8 Å². The zero-order valence-electron chi connectivity index (χ0n) is 20.9.